The number of aromatic amines is 2. The van der Waals surface area contributed by atoms with E-state index in [1.54, 1.807) is 34.5 Å². The Morgan fingerprint density at radius 3 is 2.31 bits per heavy atom. The number of allylic oxidation sites excluding steroid dienone is 2. The quantitative estimate of drug-likeness (QED) is 0.496. The fraction of sp³-hybridized carbons (Fsp3) is 0.308. The monoisotopic (exact) mass is 477 g/mol. The number of carbonyl (C=O) groups is 1. The zero-order valence-electron chi connectivity index (χ0n) is 20.0. The molecule has 0 amide bonds. The number of fused-ring (bicyclic) bond motifs is 1. The first-order valence-corrected chi connectivity index (χ1v) is 11.3. The highest BCUT2D eigenvalue weighted by molar-refractivity contribution is 6.01. The van der Waals surface area contributed by atoms with Crippen LogP contribution in [0.15, 0.2) is 52.5 Å². The molecule has 9 nitrogen and oxygen atoms in total. The van der Waals surface area contributed by atoms with Crippen LogP contribution in [0.5, 0.6) is 23.0 Å². The van der Waals surface area contributed by atoms with Gasteiger partial charge in [-0.05, 0) is 36.1 Å². The molecule has 0 spiro atoms. The Balaban J connectivity index is 1.63. The van der Waals surface area contributed by atoms with E-state index in [1.165, 1.54) is 0 Å². The first-order chi connectivity index (χ1) is 17.0. The van der Waals surface area contributed by atoms with E-state index in [-0.39, 0.29) is 17.3 Å². The number of ether oxygens (including phenoxy) is 4. The van der Waals surface area contributed by atoms with Gasteiger partial charge < -0.3 is 24.3 Å². The van der Waals surface area contributed by atoms with Gasteiger partial charge in [0.15, 0.2) is 28.8 Å². The van der Waals surface area contributed by atoms with Crippen LogP contribution in [0, 0.1) is 0 Å². The molecule has 1 aliphatic carbocycles. The van der Waals surface area contributed by atoms with E-state index in [4.69, 9.17) is 18.9 Å². The van der Waals surface area contributed by atoms with Crippen LogP contribution in [0.25, 0.3) is 0 Å². The normalized spacial score (nSPS) is 18.9. The Kier molecular flexibility index (Phi) is 5.76. The third-order valence-corrected chi connectivity index (χ3v) is 6.80. The number of benzene rings is 2. The minimum absolute atomic E-state index is 0.0281. The molecule has 3 N–H and O–H groups in total. The number of hydrogen-bond donors (Lipinski definition) is 3. The van der Waals surface area contributed by atoms with E-state index in [1.807, 2.05) is 30.3 Å². The van der Waals surface area contributed by atoms with Crippen molar-refractivity contribution < 1.29 is 23.7 Å². The van der Waals surface area contributed by atoms with Crippen molar-refractivity contribution in [3.05, 3.63) is 74.7 Å². The van der Waals surface area contributed by atoms with Crippen molar-refractivity contribution in [2.75, 3.05) is 33.8 Å². The van der Waals surface area contributed by atoms with Gasteiger partial charge in [-0.3, -0.25) is 19.8 Å². The van der Waals surface area contributed by atoms with Crippen molar-refractivity contribution in [3.8, 4) is 23.0 Å². The lowest BCUT2D eigenvalue weighted by Crippen LogP contribution is -2.31. The summed E-state index contributed by atoms with van der Waals surface area (Å²) in [6.07, 6.45) is 0.891. The standard InChI is InChI=1S/C26H27N3O6/c1-32-18-9-8-13(12-20(18)34-3)14-10-16-22(17(30)11-14)21(23-25(27-16)28-29-26(23)31)15-6-5-7-19(33-2)24(15)35-4/h5-9,12,14,21H,10-11H2,1-4H3,(H3,27,28,29,31). The Morgan fingerprint density at radius 1 is 0.829 bits per heavy atom. The number of carbonyl (C=O) groups excluding carboxylic acids is 1. The summed E-state index contributed by atoms with van der Waals surface area (Å²) in [4.78, 5) is 26.6. The molecule has 2 aliphatic rings. The third-order valence-electron chi connectivity index (χ3n) is 6.80. The van der Waals surface area contributed by atoms with E-state index in [0.717, 1.165) is 11.3 Å². The summed E-state index contributed by atoms with van der Waals surface area (Å²) in [5.41, 5.74) is 3.19. The van der Waals surface area contributed by atoms with Crippen molar-refractivity contribution in [3.63, 3.8) is 0 Å². The molecule has 1 aromatic heterocycles. The molecular formula is C26H27N3O6. The van der Waals surface area contributed by atoms with Crippen LogP contribution >= 0.6 is 0 Å². The van der Waals surface area contributed by atoms with Crippen LogP contribution in [-0.2, 0) is 4.79 Å². The van der Waals surface area contributed by atoms with Crippen molar-refractivity contribution in [2.45, 2.75) is 24.7 Å². The highest BCUT2D eigenvalue weighted by Gasteiger charge is 2.42. The fourth-order valence-corrected chi connectivity index (χ4v) is 5.21. The highest BCUT2D eigenvalue weighted by atomic mass is 16.5. The predicted molar refractivity (Wildman–Crippen MR) is 130 cm³/mol. The van der Waals surface area contributed by atoms with Crippen LogP contribution in [0.2, 0.25) is 0 Å². The van der Waals surface area contributed by atoms with Gasteiger partial charge >= 0.3 is 0 Å². The number of nitrogens with one attached hydrogen (secondary N) is 3. The highest BCUT2D eigenvalue weighted by Crippen LogP contribution is 2.50. The maximum Gasteiger partial charge on any atom is 0.270 e. The second kappa shape index (κ2) is 8.90. The largest absolute Gasteiger partial charge is 0.493 e. The first kappa shape index (κ1) is 22.6. The SMILES string of the molecule is COc1ccc(C2CC(=O)C3=C(C2)Nc2[nH][nH]c(=O)c2C3c2cccc(OC)c2OC)cc1OC. The van der Waals surface area contributed by atoms with Gasteiger partial charge in [-0.1, -0.05) is 18.2 Å². The summed E-state index contributed by atoms with van der Waals surface area (Å²) in [5, 5.41) is 8.89. The summed E-state index contributed by atoms with van der Waals surface area (Å²) in [6.45, 7) is 0. The smallest absolute Gasteiger partial charge is 0.270 e. The molecule has 2 aromatic carbocycles. The molecule has 1 aliphatic heterocycles. The van der Waals surface area contributed by atoms with Crippen LogP contribution in [-0.4, -0.2) is 44.4 Å². The molecule has 2 atom stereocenters. The van der Waals surface area contributed by atoms with Crippen LogP contribution in [0.1, 0.15) is 41.4 Å². The molecule has 0 bridgehead atoms. The van der Waals surface area contributed by atoms with E-state index in [0.29, 0.717) is 58.4 Å². The number of aromatic nitrogens is 2. The number of Topliss-reactive ketones (excluding diaryl/α,β-unsaturated/α-hetero) is 1. The van der Waals surface area contributed by atoms with E-state index in [9.17, 15) is 9.59 Å². The minimum Gasteiger partial charge on any atom is -0.493 e. The fourth-order valence-electron chi connectivity index (χ4n) is 5.21. The molecule has 0 saturated carbocycles. The second-order valence-corrected chi connectivity index (χ2v) is 8.54. The van der Waals surface area contributed by atoms with Crippen LogP contribution in [0.3, 0.4) is 0 Å². The number of anilines is 1. The Bertz CT molecular complexity index is 1390. The van der Waals surface area contributed by atoms with E-state index in [2.05, 4.69) is 15.5 Å². The third kappa shape index (κ3) is 3.63. The molecule has 2 unspecified atom stereocenters. The number of H-pyrrole nitrogens is 2. The van der Waals surface area contributed by atoms with Gasteiger partial charge in [0.05, 0.1) is 39.9 Å². The maximum absolute atomic E-state index is 13.7. The number of methoxy groups -OCH3 is 4. The Morgan fingerprint density at radius 2 is 1.60 bits per heavy atom. The summed E-state index contributed by atoms with van der Waals surface area (Å²) in [7, 11) is 6.29. The molecule has 0 radical (unpaired) electrons. The number of hydrogen-bond acceptors (Lipinski definition) is 7. The molecule has 182 valence electrons. The molecule has 5 rings (SSSR count). The Hall–Kier alpha value is -4.14. The summed E-state index contributed by atoms with van der Waals surface area (Å²) in [5.74, 6) is 2.14. The van der Waals surface area contributed by atoms with Crippen LogP contribution in [0.4, 0.5) is 5.82 Å². The van der Waals surface area contributed by atoms with Gasteiger partial charge in [0.25, 0.3) is 5.56 Å². The summed E-state index contributed by atoms with van der Waals surface area (Å²) < 4.78 is 22.0. The average molecular weight is 478 g/mol. The minimum atomic E-state index is -0.597. The lowest BCUT2D eigenvalue weighted by Gasteiger charge is -2.35. The number of ketones is 1. The van der Waals surface area contributed by atoms with Crippen molar-refractivity contribution in [2.24, 2.45) is 0 Å². The molecule has 2 heterocycles. The number of rotatable bonds is 6. The predicted octanol–water partition coefficient (Wildman–Crippen LogP) is 3.70. The van der Waals surface area contributed by atoms with Crippen molar-refractivity contribution in [1.82, 2.24) is 10.2 Å². The van der Waals surface area contributed by atoms with Crippen molar-refractivity contribution in [1.29, 1.82) is 0 Å². The maximum atomic E-state index is 13.7. The van der Waals surface area contributed by atoms with Gasteiger partial charge in [0, 0.05) is 23.3 Å². The molecule has 3 aromatic rings. The molecule has 9 heteroatoms. The average Bonchev–Trinajstić information content (AvgIpc) is 3.26. The Labute approximate surface area is 202 Å². The first-order valence-electron chi connectivity index (χ1n) is 11.3. The topological polar surface area (TPSA) is 115 Å². The molecule has 0 fully saturated rings. The number of para-hydroxylation sites is 1. The summed E-state index contributed by atoms with van der Waals surface area (Å²) >= 11 is 0. The summed E-state index contributed by atoms with van der Waals surface area (Å²) in [6, 6.07) is 11.2. The van der Waals surface area contributed by atoms with Gasteiger partial charge in [0.1, 0.15) is 5.82 Å². The van der Waals surface area contributed by atoms with E-state index >= 15 is 0 Å². The molecule has 35 heavy (non-hydrogen) atoms. The van der Waals surface area contributed by atoms with Gasteiger partial charge in [-0.15, -0.1) is 0 Å². The zero-order valence-corrected chi connectivity index (χ0v) is 20.0. The molecule has 0 saturated heterocycles. The van der Waals surface area contributed by atoms with Gasteiger partial charge in [-0.25, -0.2) is 0 Å². The lowest BCUT2D eigenvalue weighted by molar-refractivity contribution is -0.116. The van der Waals surface area contributed by atoms with Crippen LogP contribution < -0.4 is 29.8 Å². The van der Waals surface area contributed by atoms with E-state index < -0.39 is 5.92 Å². The van der Waals surface area contributed by atoms with Gasteiger partial charge in [-0.2, -0.15) is 0 Å². The van der Waals surface area contributed by atoms with Crippen molar-refractivity contribution >= 4 is 11.6 Å². The van der Waals surface area contributed by atoms with Gasteiger partial charge in [0.2, 0.25) is 0 Å². The lowest BCUT2D eigenvalue weighted by atomic mass is 9.72. The zero-order chi connectivity index (χ0) is 24.7. The molecular weight excluding hydrogens is 450 g/mol. The second-order valence-electron chi connectivity index (χ2n) is 8.54.